The number of nitrogens with one attached hydrogen (secondary N) is 2. The SMILES string of the molecule is O=C(CNC(=O)c1ccccc1)Nc1ccc(N2CCCC2)cc1. The van der Waals surface area contributed by atoms with Crippen molar-refractivity contribution in [2.45, 2.75) is 12.8 Å². The van der Waals surface area contributed by atoms with Gasteiger partial charge < -0.3 is 15.5 Å². The molecule has 0 spiro atoms. The molecule has 0 saturated carbocycles. The van der Waals surface area contributed by atoms with E-state index in [1.807, 2.05) is 30.3 Å². The fourth-order valence-electron chi connectivity index (χ4n) is 2.79. The molecular formula is C19H21N3O2. The molecule has 124 valence electrons. The molecule has 0 aromatic heterocycles. The van der Waals surface area contributed by atoms with E-state index in [2.05, 4.69) is 15.5 Å². The van der Waals surface area contributed by atoms with E-state index in [1.54, 1.807) is 24.3 Å². The van der Waals surface area contributed by atoms with Crippen LogP contribution < -0.4 is 15.5 Å². The van der Waals surface area contributed by atoms with Gasteiger partial charge in [0.15, 0.2) is 0 Å². The van der Waals surface area contributed by atoms with Gasteiger partial charge in [0.1, 0.15) is 0 Å². The van der Waals surface area contributed by atoms with E-state index in [0.717, 1.165) is 18.8 Å². The molecule has 5 nitrogen and oxygen atoms in total. The fourth-order valence-corrected chi connectivity index (χ4v) is 2.79. The summed E-state index contributed by atoms with van der Waals surface area (Å²) in [4.78, 5) is 26.2. The van der Waals surface area contributed by atoms with Crippen LogP contribution in [0, 0.1) is 0 Å². The lowest BCUT2D eigenvalue weighted by Gasteiger charge is -2.17. The van der Waals surface area contributed by atoms with E-state index in [-0.39, 0.29) is 18.4 Å². The maximum absolute atomic E-state index is 12.0. The molecule has 2 aromatic carbocycles. The summed E-state index contributed by atoms with van der Waals surface area (Å²) in [6.07, 6.45) is 2.47. The van der Waals surface area contributed by atoms with Crippen LogP contribution in [-0.4, -0.2) is 31.4 Å². The van der Waals surface area contributed by atoms with Crippen molar-refractivity contribution >= 4 is 23.2 Å². The van der Waals surface area contributed by atoms with Crippen LogP contribution in [-0.2, 0) is 4.79 Å². The number of hydrogen-bond acceptors (Lipinski definition) is 3. The van der Waals surface area contributed by atoms with Crippen molar-refractivity contribution in [3.63, 3.8) is 0 Å². The molecular weight excluding hydrogens is 302 g/mol. The Bertz CT molecular complexity index is 692. The van der Waals surface area contributed by atoms with Crippen molar-refractivity contribution in [1.82, 2.24) is 5.32 Å². The van der Waals surface area contributed by atoms with Gasteiger partial charge in [0.05, 0.1) is 6.54 Å². The van der Waals surface area contributed by atoms with Gasteiger partial charge in [-0.1, -0.05) is 18.2 Å². The first-order chi connectivity index (χ1) is 11.7. The highest BCUT2D eigenvalue weighted by atomic mass is 16.2. The van der Waals surface area contributed by atoms with Crippen LogP contribution in [0.5, 0.6) is 0 Å². The molecule has 2 aromatic rings. The molecule has 0 aliphatic carbocycles. The van der Waals surface area contributed by atoms with Gasteiger partial charge in [-0.05, 0) is 49.2 Å². The third-order valence-corrected chi connectivity index (χ3v) is 4.07. The van der Waals surface area contributed by atoms with Crippen molar-refractivity contribution in [1.29, 1.82) is 0 Å². The number of carbonyl (C=O) groups excluding carboxylic acids is 2. The van der Waals surface area contributed by atoms with E-state index in [0.29, 0.717) is 5.56 Å². The highest BCUT2D eigenvalue weighted by Crippen LogP contribution is 2.21. The van der Waals surface area contributed by atoms with Crippen molar-refractivity contribution in [2.24, 2.45) is 0 Å². The topological polar surface area (TPSA) is 61.4 Å². The Balaban J connectivity index is 1.48. The third-order valence-electron chi connectivity index (χ3n) is 4.07. The molecule has 2 amide bonds. The smallest absolute Gasteiger partial charge is 0.251 e. The number of rotatable bonds is 5. The predicted molar refractivity (Wildman–Crippen MR) is 95.3 cm³/mol. The zero-order chi connectivity index (χ0) is 16.8. The molecule has 24 heavy (non-hydrogen) atoms. The molecule has 5 heteroatoms. The van der Waals surface area contributed by atoms with E-state index in [4.69, 9.17) is 0 Å². The molecule has 1 heterocycles. The van der Waals surface area contributed by atoms with E-state index >= 15 is 0 Å². The first kappa shape index (κ1) is 16.1. The van der Waals surface area contributed by atoms with E-state index < -0.39 is 0 Å². The van der Waals surface area contributed by atoms with Gasteiger partial charge in [-0.3, -0.25) is 9.59 Å². The van der Waals surface area contributed by atoms with Crippen LogP contribution in [0.3, 0.4) is 0 Å². The van der Waals surface area contributed by atoms with Crippen LogP contribution >= 0.6 is 0 Å². The maximum atomic E-state index is 12.0. The summed E-state index contributed by atoms with van der Waals surface area (Å²) in [5, 5.41) is 5.41. The summed E-state index contributed by atoms with van der Waals surface area (Å²) >= 11 is 0. The molecule has 0 radical (unpaired) electrons. The van der Waals surface area contributed by atoms with Crippen LogP contribution in [0.2, 0.25) is 0 Å². The number of carbonyl (C=O) groups is 2. The first-order valence-corrected chi connectivity index (χ1v) is 8.20. The summed E-state index contributed by atoms with van der Waals surface area (Å²) in [5.41, 5.74) is 2.46. The molecule has 0 bridgehead atoms. The largest absolute Gasteiger partial charge is 0.372 e. The summed E-state index contributed by atoms with van der Waals surface area (Å²) in [7, 11) is 0. The average Bonchev–Trinajstić information content (AvgIpc) is 3.16. The van der Waals surface area contributed by atoms with Crippen LogP contribution in [0.15, 0.2) is 54.6 Å². The standard InChI is InChI=1S/C19H21N3O2/c23-18(14-20-19(24)15-6-2-1-3-7-15)21-16-8-10-17(11-9-16)22-12-4-5-13-22/h1-3,6-11H,4-5,12-14H2,(H,20,24)(H,21,23). The van der Waals surface area contributed by atoms with Crippen LogP contribution in [0.1, 0.15) is 23.2 Å². The Morgan fingerprint density at radius 1 is 0.917 bits per heavy atom. The maximum Gasteiger partial charge on any atom is 0.251 e. The molecule has 1 aliphatic rings. The third kappa shape index (κ3) is 4.13. The Hall–Kier alpha value is -2.82. The van der Waals surface area contributed by atoms with Crippen molar-refractivity contribution in [3.05, 3.63) is 60.2 Å². The minimum atomic E-state index is -0.255. The van der Waals surface area contributed by atoms with Gasteiger partial charge >= 0.3 is 0 Å². The fraction of sp³-hybridized carbons (Fsp3) is 0.263. The molecule has 2 N–H and O–H groups in total. The van der Waals surface area contributed by atoms with Gasteiger partial charge in [-0.15, -0.1) is 0 Å². The summed E-state index contributed by atoms with van der Waals surface area (Å²) in [6.45, 7) is 2.13. The van der Waals surface area contributed by atoms with Crippen LogP contribution in [0.25, 0.3) is 0 Å². The molecule has 1 saturated heterocycles. The Morgan fingerprint density at radius 3 is 2.25 bits per heavy atom. The predicted octanol–water partition coefficient (Wildman–Crippen LogP) is 2.66. The first-order valence-electron chi connectivity index (χ1n) is 8.20. The lowest BCUT2D eigenvalue weighted by Crippen LogP contribution is -2.32. The van der Waals surface area contributed by atoms with E-state index in [1.165, 1.54) is 18.5 Å². The number of nitrogens with zero attached hydrogens (tertiary/aromatic N) is 1. The Morgan fingerprint density at radius 2 is 1.58 bits per heavy atom. The monoisotopic (exact) mass is 323 g/mol. The van der Waals surface area contributed by atoms with E-state index in [9.17, 15) is 9.59 Å². The summed E-state index contributed by atoms with van der Waals surface area (Å²) in [5.74, 6) is -0.497. The minimum absolute atomic E-state index is 0.0540. The summed E-state index contributed by atoms with van der Waals surface area (Å²) < 4.78 is 0. The second-order valence-electron chi connectivity index (χ2n) is 5.84. The molecule has 0 unspecified atom stereocenters. The molecule has 3 rings (SSSR count). The van der Waals surface area contributed by atoms with Crippen molar-refractivity contribution in [3.8, 4) is 0 Å². The molecule has 1 fully saturated rings. The van der Waals surface area contributed by atoms with Crippen molar-refractivity contribution in [2.75, 3.05) is 29.9 Å². The second-order valence-corrected chi connectivity index (χ2v) is 5.84. The van der Waals surface area contributed by atoms with Gasteiger partial charge in [0.25, 0.3) is 5.91 Å². The number of anilines is 2. The highest BCUT2D eigenvalue weighted by molar-refractivity contribution is 5.99. The van der Waals surface area contributed by atoms with Gasteiger partial charge in [0, 0.05) is 30.0 Å². The summed E-state index contributed by atoms with van der Waals surface area (Å²) in [6, 6.07) is 16.7. The zero-order valence-corrected chi connectivity index (χ0v) is 13.5. The Labute approximate surface area is 141 Å². The van der Waals surface area contributed by atoms with Crippen molar-refractivity contribution < 1.29 is 9.59 Å². The zero-order valence-electron chi connectivity index (χ0n) is 13.5. The average molecular weight is 323 g/mol. The number of amides is 2. The lowest BCUT2D eigenvalue weighted by molar-refractivity contribution is -0.115. The number of hydrogen-bond donors (Lipinski definition) is 2. The van der Waals surface area contributed by atoms with Gasteiger partial charge in [-0.2, -0.15) is 0 Å². The molecule has 0 atom stereocenters. The quantitative estimate of drug-likeness (QED) is 0.889. The normalized spacial score (nSPS) is 13.6. The Kier molecular flexibility index (Phi) is 5.11. The lowest BCUT2D eigenvalue weighted by atomic mass is 10.2. The number of benzene rings is 2. The van der Waals surface area contributed by atoms with Gasteiger partial charge in [-0.25, -0.2) is 0 Å². The minimum Gasteiger partial charge on any atom is -0.372 e. The molecule has 1 aliphatic heterocycles. The van der Waals surface area contributed by atoms with Crippen LogP contribution in [0.4, 0.5) is 11.4 Å². The highest BCUT2D eigenvalue weighted by Gasteiger charge is 2.12. The second kappa shape index (κ2) is 7.64. The van der Waals surface area contributed by atoms with Gasteiger partial charge in [0.2, 0.25) is 5.91 Å².